The smallest absolute Gasteiger partial charge is 0.251 e. The van der Waals surface area contributed by atoms with E-state index in [0.717, 1.165) is 41.6 Å². The van der Waals surface area contributed by atoms with Crippen LogP contribution in [0.1, 0.15) is 45.7 Å². The highest BCUT2D eigenvalue weighted by Crippen LogP contribution is 2.17. The van der Waals surface area contributed by atoms with Crippen LogP contribution < -0.4 is 10.2 Å². The molecule has 5 heteroatoms. The first kappa shape index (κ1) is 16.4. The summed E-state index contributed by atoms with van der Waals surface area (Å²) in [6.07, 6.45) is 2.38. The van der Waals surface area contributed by atoms with Gasteiger partial charge in [-0.3, -0.25) is 4.79 Å². The van der Waals surface area contributed by atoms with Crippen molar-refractivity contribution in [3.8, 4) is 0 Å². The van der Waals surface area contributed by atoms with Crippen molar-refractivity contribution >= 4 is 11.9 Å². The van der Waals surface area contributed by atoms with Crippen LogP contribution in [0, 0.1) is 20.8 Å². The second-order valence-corrected chi connectivity index (χ2v) is 6.50. The molecule has 24 heavy (non-hydrogen) atoms. The van der Waals surface area contributed by atoms with Crippen LogP contribution in [-0.2, 0) is 6.54 Å². The van der Waals surface area contributed by atoms with Gasteiger partial charge in [0.2, 0.25) is 5.95 Å². The van der Waals surface area contributed by atoms with Gasteiger partial charge >= 0.3 is 0 Å². The molecular formula is C19H24N4O. The summed E-state index contributed by atoms with van der Waals surface area (Å²) in [6.45, 7) is 8.39. The van der Waals surface area contributed by atoms with Gasteiger partial charge in [-0.15, -0.1) is 0 Å². The van der Waals surface area contributed by atoms with Crippen molar-refractivity contribution in [2.24, 2.45) is 0 Å². The normalized spacial score (nSPS) is 14.0. The molecule has 1 saturated heterocycles. The first-order valence-corrected chi connectivity index (χ1v) is 8.48. The summed E-state index contributed by atoms with van der Waals surface area (Å²) >= 11 is 0. The molecule has 0 spiro atoms. The standard InChI is InChI=1S/C19H24N4O/c1-13-6-7-17(14(2)10-13)18(24)20-12-16-11-15(3)21-19(22-16)23-8-4-5-9-23/h6-7,10-11H,4-5,8-9,12H2,1-3H3,(H,20,24). The SMILES string of the molecule is Cc1ccc(C(=O)NCc2cc(C)nc(N3CCCC3)n2)c(C)c1. The van der Waals surface area contributed by atoms with E-state index in [2.05, 4.69) is 20.2 Å². The molecule has 0 radical (unpaired) electrons. The Kier molecular flexibility index (Phi) is 4.79. The third-order valence-corrected chi connectivity index (χ3v) is 4.34. The van der Waals surface area contributed by atoms with Gasteiger partial charge in [0.15, 0.2) is 0 Å². The third-order valence-electron chi connectivity index (χ3n) is 4.34. The van der Waals surface area contributed by atoms with Gasteiger partial charge in [-0.25, -0.2) is 9.97 Å². The summed E-state index contributed by atoms with van der Waals surface area (Å²) in [5, 5.41) is 2.97. The maximum absolute atomic E-state index is 12.4. The number of hydrogen-bond donors (Lipinski definition) is 1. The molecule has 3 rings (SSSR count). The first-order valence-electron chi connectivity index (χ1n) is 8.48. The molecule has 0 atom stereocenters. The van der Waals surface area contributed by atoms with Crippen LogP contribution in [0.3, 0.4) is 0 Å². The quantitative estimate of drug-likeness (QED) is 0.939. The Morgan fingerprint density at radius 3 is 2.58 bits per heavy atom. The number of benzene rings is 1. The summed E-state index contributed by atoms with van der Waals surface area (Å²) in [7, 11) is 0. The van der Waals surface area contributed by atoms with E-state index in [-0.39, 0.29) is 5.91 Å². The van der Waals surface area contributed by atoms with Crippen LogP contribution in [0.2, 0.25) is 0 Å². The number of carbonyl (C=O) groups is 1. The minimum absolute atomic E-state index is 0.0634. The van der Waals surface area contributed by atoms with E-state index in [9.17, 15) is 4.79 Å². The van der Waals surface area contributed by atoms with E-state index in [1.54, 1.807) is 0 Å². The molecule has 1 fully saturated rings. The lowest BCUT2D eigenvalue weighted by atomic mass is 10.1. The van der Waals surface area contributed by atoms with Crippen molar-refractivity contribution in [1.82, 2.24) is 15.3 Å². The van der Waals surface area contributed by atoms with Crippen molar-refractivity contribution in [3.05, 3.63) is 52.3 Å². The van der Waals surface area contributed by atoms with Crippen molar-refractivity contribution in [3.63, 3.8) is 0 Å². The lowest BCUT2D eigenvalue weighted by Gasteiger charge is -2.16. The molecule has 1 aromatic carbocycles. The van der Waals surface area contributed by atoms with Crippen molar-refractivity contribution < 1.29 is 4.79 Å². The second-order valence-electron chi connectivity index (χ2n) is 6.50. The monoisotopic (exact) mass is 324 g/mol. The van der Waals surface area contributed by atoms with Gasteiger partial charge in [-0.05, 0) is 51.3 Å². The van der Waals surface area contributed by atoms with Gasteiger partial charge in [0.1, 0.15) is 0 Å². The highest BCUT2D eigenvalue weighted by Gasteiger charge is 2.16. The molecule has 0 aliphatic carbocycles. The highest BCUT2D eigenvalue weighted by molar-refractivity contribution is 5.95. The molecule has 1 aromatic heterocycles. The molecule has 126 valence electrons. The zero-order valence-electron chi connectivity index (χ0n) is 14.6. The lowest BCUT2D eigenvalue weighted by molar-refractivity contribution is 0.0950. The van der Waals surface area contributed by atoms with Crippen LogP contribution in [0.15, 0.2) is 24.3 Å². The van der Waals surface area contributed by atoms with E-state index >= 15 is 0 Å². The number of aromatic nitrogens is 2. The van der Waals surface area contributed by atoms with Crippen molar-refractivity contribution in [1.29, 1.82) is 0 Å². The molecule has 1 amide bonds. The Morgan fingerprint density at radius 1 is 1.12 bits per heavy atom. The Labute approximate surface area is 143 Å². The average molecular weight is 324 g/mol. The van der Waals surface area contributed by atoms with E-state index < -0.39 is 0 Å². The number of nitrogens with zero attached hydrogens (tertiary/aromatic N) is 3. The van der Waals surface area contributed by atoms with Crippen molar-refractivity contribution in [2.75, 3.05) is 18.0 Å². The minimum atomic E-state index is -0.0634. The van der Waals surface area contributed by atoms with E-state index in [4.69, 9.17) is 0 Å². The van der Waals surface area contributed by atoms with Crippen LogP contribution in [0.25, 0.3) is 0 Å². The topological polar surface area (TPSA) is 58.1 Å². The second kappa shape index (κ2) is 6.99. The van der Waals surface area contributed by atoms with Gasteiger partial charge in [-0.1, -0.05) is 17.7 Å². The number of amides is 1. The van der Waals surface area contributed by atoms with E-state index in [1.165, 1.54) is 12.8 Å². The number of rotatable bonds is 4. The Morgan fingerprint density at radius 2 is 1.88 bits per heavy atom. The minimum Gasteiger partial charge on any atom is -0.346 e. The molecule has 0 saturated carbocycles. The van der Waals surface area contributed by atoms with Crippen LogP contribution >= 0.6 is 0 Å². The molecule has 1 N–H and O–H groups in total. The van der Waals surface area contributed by atoms with E-state index in [0.29, 0.717) is 12.1 Å². The summed E-state index contributed by atoms with van der Waals surface area (Å²) in [6, 6.07) is 7.79. The molecule has 1 aliphatic heterocycles. The zero-order valence-corrected chi connectivity index (χ0v) is 14.6. The summed E-state index contributed by atoms with van der Waals surface area (Å²) < 4.78 is 0. The van der Waals surface area contributed by atoms with Gasteiger partial charge in [0.25, 0.3) is 5.91 Å². The Bertz CT molecular complexity index is 751. The largest absolute Gasteiger partial charge is 0.346 e. The van der Waals surface area contributed by atoms with Crippen LogP contribution in [0.5, 0.6) is 0 Å². The number of carbonyl (C=O) groups excluding carboxylic acids is 1. The fourth-order valence-corrected chi connectivity index (χ4v) is 3.10. The van der Waals surface area contributed by atoms with Gasteiger partial charge in [0, 0.05) is 24.3 Å². The molecule has 2 aromatic rings. The average Bonchev–Trinajstić information content (AvgIpc) is 3.06. The number of hydrogen-bond acceptors (Lipinski definition) is 4. The van der Waals surface area contributed by atoms with Gasteiger partial charge in [0.05, 0.1) is 12.2 Å². The molecule has 5 nitrogen and oxygen atoms in total. The number of nitrogens with one attached hydrogen (secondary N) is 1. The maximum atomic E-state index is 12.4. The molecule has 1 aliphatic rings. The predicted octanol–water partition coefficient (Wildman–Crippen LogP) is 2.93. The van der Waals surface area contributed by atoms with Crippen LogP contribution in [0.4, 0.5) is 5.95 Å². The fourth-order valence-electron chi connectivity index (χ4n) is 3.10. The van der Waals surface area contributed by atoms with Crippen molar-refractivity contribution in [2.45, 2.75) is 40.2 Å². The molecule has 0 bridgehead atoms. The van der Waals surface area contributed by atoms with Crippen LogP contribution in [-0.4, -0.2) is 29.0 Å². The number of anilines is 1. The lowest BCUT2D eigenvalue weighted by Crippen LogP contribution is -2.26. The summed E-state index contributed by atoms with van der Waals surface area (Å²) in [5.74, 6) is 0.717. The summed E-state index contributed by atoms with van der Waals surface area (Å²) in [5.41, 5.74) is 4.64. The van der Waals surface area contributed by atoms with Gasteiger partial charge in [-0.2, -0.15) is 0 Å². The van der Waals surface area contributed by atoms with Gasteiger partial charge < -0.3 is 10.2 Å². The zero-order chi connectivity index (χ0) is 17.1. The Balaban J connectivity index is 1.70. The van der Waals surface area contributed by atoms with E-state index in [1.807, 2.05) is 45.0 Å². The molecular weight excluding hydrogens is 300 g/mol. The first-order chi connectivity index (χ1) is 11.5. The third kappa shape index (κ3) is 3.72. The molecule has 0 unspecified atom stereocenters. The Hall–Kier alpha value is -2.43. The highest BCUT2D eigenvalue weighted by atomic mass is 16.1. The predicted molar refractivity (Wildman–Crippen MR) is 95.3 cm³/mol. The summed E-state index contributed by atoms with van der Waals surface area (Å²) in [4.78, 5) is 23.8. The molecule has 2 heterocycles. The fraction of sp³-hybridized carbons (Fsp3) is 0.421. The maximum Gasteiger partial charge on any atom is 0.251 e. The number of aryl methyl sites for hydroxylation is 3.